The van der Waals surface area contributed by atoms with Crippen molar-refractivity contribution in [2.75, 3.05) is 13.2 Å². The normalized spacial score (nSPS) is 12.8. The van der Waals surface area contributed by atoms with Gasteiger partial charge in [-0.25, -0.2) is 0 Å². The Hall–Kier alpha value is -3.67. The Morgan fingerprint density at radius 1 is 0.313 bits per heavy atom. The van der Waals surface area contributed by atoms with Crippen molar-refractivity contribution in [2.24, 2.45) is 0 Å². The lowest BCUT2D eigenvalue weighted by molar-refractivity contribution is -0.167. The SMILES string of the molecule is CC/C=C\C/C=C\C/C=C\C/C=C\C/C=C\C/C=C\C/C=C\C/C=C\CCCCCCC(=O)OCC(COC(=O)CCCCCCCCCCCC)OC(=O)CCCCCCCCCCCC. The molecule has 0 saturated heterocycles. The quantitative estimate of drug-likeness (QED) is 0.0262. The summed E-state index contributed by atoms with van der Waals surface area (Å²) in [5.41, 5.74) is 0. The van der Waals surface area contributed by atoms with Crippen molar-refractivity contribution in [3.05, 3.63) is 97.2 Å². The number of carbonyl (C=O) groups excluding carboxylic acids is 3. The van der Waals surface area contributed by atoms with Crippen molar-refractivity contribution < 1.29 is 28.6 Å². The van der Waals surface area contributed by atoms with Crippen LogP contribution in [0, 0.1) is 0 Å². The van der Waals surface area contributed by atoms with Gasteiger partial charge >= 0.3 is 17.9 Å². The summed E-state index contributed by atoms with van der Waals surface area (Å²) >= 11 is 0. The maximum absolute atomic E-state index is 12.7. The highest BCUT2D eigenvalue weighted by Crippen LogP contribution is 2.14. The van der Waals surface area contributed by atoms with Crippen molar-refractivity contribution >= 4 is 17.9 Å². The molecule has 0 aromatic heterocycles. The lowest BCUT2D eigenvalue weighted by Gasteiger charge is -2.18. The third-order valence-corrected chi connectivity index (χ3v) is 11.6. The van der Waals surface area contributed by atoms with Crippen molar-refractivity contribution in [3.8, 4) is 0 Å². The Morgan fingerprint density at radius 2 is 0.582 bits per heavy atom. The predicted molar refractivity (Wildman–Crippen MR) is 288 cm³/mol. The van der Waals surface area contributed by atoms with Crippen LogP contribution in [0.2, 0.25) is 0 Å². The van der Waals surface area contributed by atoms with Gasteiger partial charge in [0.15, 0.2) is 6.10 Å². The van der Waals surface area contributed by atoms with E-state index in [2.05, 4.69) is 118 Å². The average molecular weight is 931 g/mol. The molecule has 0 aromatic carbocycles. The number of hydrogen-bond donors (Lipinski definition) is 0. The predicted octanol–water partition coefficient (Wildman–Crippen LogP) is 18.5. The van der Waals surface area contributed by atoms with Crippen LogP contribution in [0.5, 0.6) is 0 Å². The largest absolute Gasteiger partial charge is 0.462 e. The van der Waals surface area contributed by atoms with Crippen molar-refractivity contribution in [1.29, 1.82) is 0 Å². The highest BCUT2D eigenvalue weighted by Gasteiger charge is 2.19. The van der Waals surface area contributed by atoms with Crippen molar-refractivity contribution in [3.63, 3.8) is 0 Å². The van der Waals surface area contributed by atoms with E-state index in [0.717, 1.165) is 122 Å². The van der Waals surface area contributed by atoms with Crippen LogP contribution in [0.15, 0.2) is 97.2 Å². The van der Waals surface area contributed by atoms with Gasteiger partial charge < -0.3 is 14.2 Å². The minimum Gasteiger partial charge on any atom is -0.462 e. The fourth-order valence-corrected chi connectivity index (χ4v) is 7.46. The van der Waals surface area contributed by atoms with E-state index in [1.54, 1.807) is 0 Å². The van der Waals surface area contributed by atoms with E-state index in [1.165, 1.54) is 89.9 Å². The molecule has 0 N–H and O–H groups in total. The Morgan fingerprint density at radius 3 is 0.910 bits per heavy atom. The third kappa shape index (κ3) is 53.2. The standard InChI is InChI=1S/C61H102O6/c1-4-7-10-13-16-19-22-23-24-25-26-27-28-29-30-31-32-33-34-35-36-37-38-39-40-43-45-48-51-54-60(63)66-57-58(67-61(64)55-52-49-46-42-21-18-15-12-9-6-3)56-65-59(62)53-50-47-44-41-20-17-14-11-8-5-2/h7,10,16,19,23-24,26-27,29-30,32-33,35-36,38-39,58H,4-6,8-9,11-15,17-18,20-22,25,28,31,34,37,40-57H2,1-3H3/b10-7-,19-16-,24-23-,27-26-,30-29-,33-32-,36-35-,39-38-. The molecule has 382 valence electrons. The molecule has 1 atom stereocenters. The monoisotopic (exact) mass is 931 g/mol. The Labute approximate surface area is 413 Å². The van der Waals surface area contributed by atoms with Crippen molar-refractivity contribution in [1.82, 2.24) is 0 Å². The molecule has 6 heteroatoms. The minimum absolute atomic E-state index is 0.0829. The molecule has 0 spiro atoms. The molecule has 0 saturated carbocycles. The lowest BCUT2D eigenvalue weighted by Crippen LogP contribution is -2.30. The number of esters is 3. The molecular formula is C61H102O6. The summed E-state index contributed by atoms with van der Waals surface area (Å²) in [5, 5.41) is 0. The van der Waals surface area contributed by atoms with Gasteiger partial charge in [-0.3, -0.25) is 14.4 Å². The van der Waals surface area contributed by atoms with E-state index in [9.17, 15) is 14.4 Å². The number of carbonyl (C=O) groups is 3. The highest BCUT2D eigenvalue weighted by atomic mass is 16.6. The van der Waals surface area contributed by atoms with Gasteiger partial charge in [-0.15, -0.1) is 0 Å². The van der Waals surface area contributed by atoms with E-state index in [4.69, 9.17) is 14.2 Å². The fourth-order valence-electron chi connectivity index (χ4n) is 7.46. The molecule has 67 heavy (non-hydrogen) atoms. The molecule has 0 aliphatic carbocycles. The average Bonchev–Trinajstić information content (AvgIpc) is 3.33. The first-order valence-electron chi connectivity index (χ1n) is 27.7. The van der Waals surface area contributed by atoms with Gasteiger partial charge in [0.1, 0.15) is 13.2 Å². The van der Waals surface area contributed by atoms with Gasteiger partial charge in [-0.2, -0.15) is 0 Å². The summed E-state index contributed by atoms with van der Waals surface area (Å²) in [4.78, 5) is 37.9. The van der Waals surface area contributed by atoms with Crippen LogP contribution >= 0.6 is 0 Å². The second-order valence-electron chi connectivity index (χ2n) is 18.1. The van der Waals surface area contributed by atoms with E-state index >= 15 is 0 Å². The zero-order chi connectivity index (χ0) is 48.6. The Balaban J connectivity index is 4.25. The number of allylic oxidation sites excluding steroid dienone is 16. The molecule has 6 nitrogen and oxygen atoms in total. The molecule has 0 aromatic rings. The molecule has 0 aliphatic rings. The highest BCUT2D eigenvalue weighted by molar-refractivity contribution is 5.71. The van der Waals surface area contributed by atoms with E-state index < -0.39 is 6.10 Å². The van der Waals surface area contributed by atoms with Crippen LogP contribution < -0.4 is 0 Å². The van der Waals surface area contributed by atoms with Crippen LogP contribution in [0.1, 0.15) is 252 Å². The van der Waals surface area contributed by atoms with Crippen LogP contribution in [-0.4, -0.2) is 37.2 Å². The van der Waals surface area contributed by atoms with Gasteiger partial charge in [0.05, 0.1) is 0 Å². The fraction of sp³-hybridized carbons (Fsp3) is 0.689. The number of rotatable bonds is 49. The molecule has 0 amide bonds. The molecule has 0 rings (SSSR count). The van der Waals surface area contributed by atoms with Gasteiger partial charge in [-0.05, 0) is 83.5 Å². The molecule has 0 radical (unpaired) electrons. The smallest absolute Gasteiger partial charge is 0.306 e. The summed E-state index contributed by atoms with van der Waals surface area (Å²) < 4.78 is 16.7. The number of unbranched alkanes of at least 4 members (excludes halogenated alkanes) is 22. The minimum atomic E-state index is -0.783. The molecular weight excluding hydrogens is 829 g/mol. The molecule has 1 unspecified atom stereocenters. The first-order valence-corrected chi connectivity index (χ1v) is 27.7. The summed E-state index contributed by atoms with van der Waals surface area (Å²) in [6.45, 7) is 6.47. The molecule has 0 fully saturated rings. The molecule has 0 aliphatic heterocycles. The number of ether oxygens (including phenoxy) is 3. The number of hydrogen-bond acceptors (Lipinski definition) is 6. The molecule has 0 heterocycles. The lowest BCUT2D eigenvalue weighted by atomic mass is 10.1. The van der Waals surface area contributed by atoms with E-state index in [1.807, 2.05) is 0 Å². The van der Waals surface area contributed by atoms with Gasteiger partial charge in [0, 0.05) is 19.3 Å². The summed E-state index contributed by atoms with van der Waals surface area (Å²) in [6, 6.07) is 0. The Bertz CT molecular complexity index is 1350. The van der Waals surface area contributed by atoms with E-state index in [-0.39, 0.29) is 31.1 Å². The topological polar surface area (TPSA) is 78.9 Å². The van der Waals surface area contributed by atoms with Crippen molar-refractivity contribution in [2.45, 2.75) is 258 Å². The molecule has 0 bridgehead atoms. The second kappa shape index (κ2) is 54.9. The van der Waals surface area contributed by atoms with Gasteiger partial charge in [0.25, 0.3) is 0 Å². The maximum Gasteiger partial charge on any atom is 0.306 e. The van der Waals surface area contributed by atoms with E-state index in [0.29, 0.717) is 19.3 Å². The van der Waals surface area contributed by atoms with Crippen LogP contribution in [-0.2, 0) is 28.6 Å². The third-order valence-electron chi connectivity index (χ3n) is 11.6. The first kappa shape index (κ1) is 63.3. The van der Waals surface area contributed by atoms with Gasteiger partial charge in [0.2, 0.25) is 0 Å². The summed E-state index contributed by atoms with van der Waals surface area (Å²) in [7, 11) is 0. The summed E-state index contributed by atoms with van der Waals surface area (Å²) in [5.74, 6) is -0.912. The first-order chi connectivity index (χ1) is 33.0. The van der Waals surface area contributed by atoms with Crippen LogP contribution in [0.4, 0.5) is 0 Å². The zero-order valence-electron chi connectivity index (χ0n) is 43.6. The summed E-state index contributed by atoms with van der Waals surface area (Å²) in [6.07, 6.45) is 72.6. The van der Waals surface area contributed by atoms with Crippen LogP contribution in [0.25, 0.3) is 0 Å². The second-order valence-corrected chi connectivity index (χ2v) is 18.1. The van der Waals surface area contributed by atoms with Crippen LogP contribution in [0.3, 0.4) is 0 Å². The maximum atomic E-state index is 12.7. The zero-order valence-corrected chi connectivity index (χ0v) is 43.6. The Kier molecular flexibility index (Phi) is 51.9. The van der Waals surface area contributed by atoms with Gasteiger partial charge in [-0.1, -0.05) is 246 Å².